The van der Waals surface area contributed by atoms with Crippen molar-refractivity contribution in [2.75, 3.05) is 6.61 Å². The Labute approximate surface area is 136 Å². The van der Waals surface area contributed by atoms with Crippen molar-refractivity contribution in [2.24, 2.45) is 0 Å². The summed E-state index contributed by atoms with van der Waals surface area (Å²) in [6, 6.07) is 11.2. The van der Waals surface area contributed by atoms with Gasteiger partial charge in [-0.15, -0.1) is 0 Å². The summed E-state index contributed by atoms with van der Waals surface area (Å²) in [5.41, 5.74) is 3.08. The van der Waals surface area contributed by atoms with Crippen LogP contribution in [0.4, 0.5) is 0 Å². The maximum atomic E-state index is 11.6. The van der Waals surface area contributed by atoms with Crippen LogP contribution in [-0.4, -0.2) is 17.6 Å². The molecule has 0 N–H and O–H groups in total. The van der Waals surface area contributed by atoms with Crippen LogP contribution in [0.5, 0.6) is 0 Å². The van der Waals surface area contributed by atoms with Gasteiger partial charge in [-0.1, -0.05) is 12.1 Å². The summed E-state index contributed by atoms with van der Waals surface area (Å²) >= 11 is 0. The van der Waals surface area contributed by atoms with Gasteiger partial charge in [-0.2, -0.15) is 5.26 Å². The van der Waals surface area contributed by atoms with E-state index in [0.717, 1.165) is 11.1 Å². The van der Waals surface area contributed by atoms with Gasteiger partial charge in [-0.05, 0) is 42.7 Å². The first-order chi connectivity index (χ1) is 9.72. The average Bonchev–Trinajstić information content (AvgIpc) is 2.48. The van der Waals surface area contributed by atoms with Gasteiger partial charge in [0.1, 0.15) is 0 Å². The molecular formula is C16H14N2O2Zn. The first-order valence-corrected chi connectivity index (χ1v) is 6.33. The van der Waals surface area contributed by atoms with E-state index in [9.17, 15) is 4.79 Å². The Kier molecular flexibility index (Phi) is 6.71. The van der Waals surface area contributed by atoms with E-state index in [1.54, 1.807) is 31.3 Å². The molecule has 0 spiro atoms. The van der Waals surface area contributed by atoms with Crippen molar-refractivity contribution in [2.45, 2.75) is 13.3 Å². The molecule has 0 fully saturated rings. The summed E-state index contributed by atoms with van der Waals surface area (Å²) in [5.74, 6) is -0.360. The number of aromatic nitrogens is 1. The molecule has 102 valence electrons. The molecule has 0 atom stereocenters. The summed E-state index contributed by atoms with van der Waals surface area (Å²) in [5, 5.41) is 8.75. The van der Waals surface area contributed by atoms with Gasteiger partial charge >= 0.3 is 5.97 Å². The monoisotopic (exact) mass is 330 g/mol. The Morgan fingerprint density at radius 2 is 1.95 bits per heavy atom. The molecule has 0 aliphatic rings. The fourth-order valence-corrected chi connectivity index (χ4v) is 1.84. The van der Waals surface area contributed by atoms with E-state index in [0.29, 0.717) is 24.2 Å². The van der Waals surface area contributed by atoms with Crippen molar-refractivity contribution in [3.63, 3.8) is 0 Å². The van der Waals surface area contributed by atoms with Crippen molar-refractivity contribution in [3.8, 4) is 6.07 Å². The maximum absolute atomic E-state index is 11.6. The van der Waals surface area contributed by atoms with E-state index >= 15 is 0 Å². The number of carbonyl (C=O) groups excluding carboxylic acids is 1. The minimum absolute atomic E-state index is 0. The van der Waals surface area contributed by atoms with E-state index in [2.05, 4.69) is 11.1 Å². The predicted octanol–water partition coefficient (Wildman–Crippen LogP) is 2.72. The zero-order valence-electron chi connectivity index (χ0n) is 11.9. The summed E-state index contributed by atoms with van der Waals surface area (Å²) in [4.78, 5) is 15.7. The number of hydrogen-bond donors (Lipinski definition) is 0. The number of esters is 1. The molecule has 2 aromatic rings. The Hall–Kier alpha value is -2.05. The van der Waals surface area contributed by atoms with E-state index in [1.807, 2.05) is 12.1 Å². The van der Waals surface area contributed by atoms with E-state index < -0.39 is 0 Å². The SMILES string of the molecule is CCOC(=O)c1cncc(Cc2ccc(C#N)cc2)c1.[Zn]. The Morgan fingerprint density at radius 3 is 2.57 bits per heavy atom. The molecule has 0 unspecified atom stereocenters. The second kappa shape index (κ2) is 8.29. The smallest absolute Gasteiger partial charge is 0.339 e. The zero-order chi connectivity index (χ0) is 14.4. The van der Waals surface area contributed by atoms with Crippen LogP contribution in [-0.2, 0) is 30.6 Å². The van der Waals surface area contributed by atoms with Crippen molar-refractivity contribution in [1.29, 1.82) is 5.26 Å². The number of pyridine rings is 1. The van der Waals surface area contributed by atoms with Crippen LogP contribution in [0.15, 0.2) is 42.7 Å². The third-order valence-electron chi connectivity index (χ3n) is 2.80. The van der Waals surface area contributed by atoms with E-state index in [4.69, 9.17) is 10.00 Å². The van der Waals surface area contributed by atoms with E-state index in [-0.39, 0.29) is 25.4 Å². The number of benzene rings is 1. The first-order valence-electron chi connectivity index (χ1n) is 6.33. The molecule has 1 aromatic heterocycles. The van der Waals surface area contributed by atoms with Crippen LogP contribution in [0.2, 0.25) is 0 Å². The number of nitriles is 1. The average molecular weight is 332 g/mol. The maximum Gasteiger partial charge on any atom is 0.339 e. The van der Waals surface area contributed by atoms with Crippen LogP contribution in [0.1, 0.15) is 34.0 Å². The molecule has 0 aliphatic carbocycles. The summed E-state index contributed by atoms with van der Waals surface area (Å²) in [6.45, 7) is 2.12. The van der Waals surface area contributed by atoms with Crippen molar-refractivity contribution < 1.29 is 29.0 Å². The van der Waals surface area contributed by atoms with Gasteiger partial charge in [0.2, 0.25) is 0 Å². The fraction of sp³-hybridized carbons (Fsp3) is 0.188. The van der Waals surface area contributed by atoms with Gasteiger partial charge < -0.3 is 4.74 Å². The Morgan fingerprint density at radius 1 is 1.24 bits per heavy atom. The van der Waals surface area contributed by atoms with Crippen molar-refractivity contribution in [3.05, 3.63) is 65.0 Å². The fourth-order valence-electron chi connectivity index (χ4n) is 1.84. The Balaban J connectivity index is 0.00000220. The summed E-state index contributed by atoms with van der Waals surface area (Å²) in [6.07, 6.45) is 3.88. The van der Waals surface area contributed by atoms with Gasteiger partial charge in [-0.25, -0.2) is 4.79 Å². The van der Waals surface area contributed by atoms with Gasteiger partial charge in [-0.3, -0.25) is 4.98 Å². The van der Waals surface area contributed by atoms with Crippen LogP contribution in [0.3, 0.4) is 0 Å². The summed E-state index contributed by atoms with van der Waals surface area (Å²) in [7, 11) is 0. The number of ether oxygens (including phenoxy) is 1. The molecule has 21 heavy (non-hydrogen) atoms. The topological polar surface area (TPSA) is 63.0 Å². The van der Waals surface area contributed by atoms with Crippen LogP contribution in [0, 0.1) is 11.3 Å². The molecule has 5 heteroatoms. The number of hydrogen-bond acceptors (Lipinski definition) is 4. The molecule has 1 aromatic carbocycles. The van der Waals surface area contributed by atoms with Crippen LogP contribution >= 0.6 is 0 Å². The molecule has 4 nitrogen and oxygen atoms in total. The Bertz CT molecular complexity index is 648. The molecule has 1 heterocycles. The summed E-state index contributed by atoms with van der Waals surface area (Å²) < 4.78 is 4.95. The second-order valence-corrected chi connectivity index (χ2v) is 4.29. The standard InChI is InChI=1S/C16H14N2O2.Zn/c1-2-20-16(19)15-8-14(10-18-11-15)7-12-3-5-13(9-17)6-4-12;/h3-6,8,10-11H,2,7H2,1H3;. The molecule has 0 saturated carbocycles. The minimum Gasteiger partial charge on any atom is -0.462 e. The van der Waals surface area contributed by atoms with E-state index in [1.165, 1.54) is 6.20 Å². The van der Waals surface area contributed by atoms with Crippen LogP contribution in [0.25, 0.3) is 0 Å². The van der Waals surface area contributed by atoms with Gasteiger partial charge in [0.05, 0.1) is 23.8 Å². The molecule has 0 radical (unpaired) electrons. The zero-order valence-corrected chi connectivity index (χ0v) is 14.8. The number of rotatable bonds is 4. The number of nitrogens with zero attached hydrogens (tertiary/aromatic N) is 2. The third kappa shape index (κ3) is 4.77. The second-order valence-electron chi connectivity index (χ2n) is 4.29. The first kappa shape index (κ1) is 17.0. The third-order valence-corrected chi connectivity index (χ3v) is 2.80. The molecular weight excluding hydrogens is 318 g/mol. The van der Waals surface area contributed by atoms with Crippen LogP contribution < -0.4 is 0 Å². The largest absolute Gasteiger partial charge is 0.462 e. The predicted molar refractivity (Wildman–Crippen MR) is 74.2 cm³/mol. The van der Waals surface area contributed by atoms with Gasteiger partial charge in [0.25, 0.3) is 0 Å². The molecule has 2 rings (SSSR count). The molecule has 0 aliphatic heterocycles. The van der Waals surface area contributed by atoms with Crippen molar-refractivity contribution >= 4 is 5.97 Å². The molecule has 0 bridgehead atoms. The minimum atomic E-state index is -0.360. The van der Waals surface area contributed by atoms with Gasteiger partial charge in [0.15, 0.2) is 0 Å². The number of carbonyl (C=O) groups is 1. The van der Waals surface area contributed by atoms with Crippen molar-refractivity contribution in [1.82, 2.24) is 4.98 Å². The molecule has 0 amide bonds. The molecule has 0 saturated heterocycles. The quantitative estimate of drug-likeness (QED) is 0.638. The van der Waals surface area contributed by atoms with Gasteiger partial charge in [0, 0.05) is 31.9 Å². The normalized spacial score (nSPS) is 9.33.